The molecule has 1 heteroatoms. The number of fused-ring (bicyclic) bond motifs is 9. The molecule has 244 valence electrons. The molecule has 0 amide bonds. The summed E-state index contributed by atoms with van der Waals surface area (Å²) in [5.41, 5.74) is 16.8. The first-order valence-corrected chi connectivity index (χ1v) is 18.1. The van der Waals surface area contributed by atoms with Gasteiger partial charge < -0.3 is 4.90 Å². The molecule has 0 spiro atoms. The third-order valence-corrected chi connectivity index (χ3v) is 11.8. The molecule has 2 aliphatic rings. The summed E-state index contributed by atoms with van der Waals surface area (Å²) in [6, 6.07) is 61.1. The van der Waals surface area contributed by atoms with Crippen molar-refractivity contribution in [2.45, 2.75) is 38.5 Å². The molecule has 0 N–H and O–H groups in total. The molecule has 51 heavy (non-hydrogen) atoms. The predicted octanol–water partition coefficient (Wildman–Crippen LogP) is 13.7. The topological polar surface area (TPSA) is 3.24 Å². The lowest BCUT2D eigenvalue weighted by Gasteiger charge is -2.27. The molecule has 0 fully saturated rings. The Morgan fingerprint density at radius 2 is 0.882 bits per heavy atom. The Balaban J connectivity index is 1.12. The van der Waals surface area contributed by atoms with Gasteiger partial charge in [0, 0.05) is 27.9 Å². The number of rotatable bonds is 4. The molecule has 0 radical (unpaired) electrons. The van der Waals surface area contributed by atoms with Crippen molar-refractivity contribution in [1.82, 2.24) is 0 Å². The number of anilines is 3. The van der Waals surface area contributed by atoms with Crippen molar-refractivity contribution < 1.29 is 0 Å². The molecular weight excluding hydrogens is 615 g/mol. The molecular formula is C50H39N. The smallest absolute Gasteiger partial charge is 0.0468 e. The maximum atomic E-state index is 2.47. The average molecular weight is 654 g/mol. The zero-order chi connectivity index (χ0) is 34.5. The Morgan fingerprint density at radius 1 is 0.333 bits per heavy atom. The fourth-order valence-corrected chi connectivity index (χ4v) is 9.11. The van der Waals surface area contributed by atoms with Gasteiger partial charge in [-0.2, -0.15) is 0 Å². The van der Waals surface area contributed by atoms with Crippen molar-refractivity contribution in [3.8, 4) is 33.4 Å². The van der Waals surface area contributed by atoms with Crippen molar-refractivity contribution in [2.75, 3.05) is 4.90 Å². The van der Waals surface area contributed by atoms with E-state index in [-0.39, 0.29) is 10.8 Å². The van der Waals surface area contributed by atoms with E-state index in [0.717, 1.165) is 17.1 Å². The van der Waals surface area contributed by atoms with E-state index in [1.807, 2.05) is 0 Å². The van der Waals surface area contributed by atoms with E-state index in [4.69, 9.17) is 0 Å². The highest BCUT2D eigenvalue weighted by molar-refractivity contribution is 6.11. The van der Waals surface area contributed by atoms with Crippen LogP contribution in [0.3, 0.4) is 0 Å². The molecule has 8 aromatic carbocycles. The van der Waals surface area contributed by atoms with Gasteiger partial charge in [0.25, 0.3) is 0 Å². The van der Waals surface area contributed by atoms with Crippen LogP contribution in [0.15, 0.2) is 164 Å². The number of benzene rings is 8. The molecule has 2 aliphatic carbocycles. The molecule has 0 aromatic heterocycles. The highest BCUT2D eigenvalue weighted by atomic mass is 15.1. The zero-order valence-corrected chi connectivity index (χ0v) is 29.5. The van der Waals surface area contributed by atoms with Crippen LogP contribution in [0.2, 0.25) is 0 Å². The number of nitrogens with zero attached hydrogens (tertiary/aromatic N) is 1. The van der Waals surface area contributed by atoms with Crippen LogP contribution in [-0.4, -0.2) is 0 Å². The van der Waals surface area contributed by atoms with E-state index in [9.17, 15) is 0 Å². The summed E-state index contributed by atoms with van der Waals surface area (Å²) in [7, 11) is 0. The summed E-state index contributed by atoms with van der Waals surface area (Å²) in [5.74, 6) is 0. The molecule has 8 aromatic rings. The normalized spacial score (nSPS) is 14.6. The molecule has 0 unspecified atom stereocenters. The Morgan fingerprint density at radius 3 is 1.65 bits per heavy atom. The van der Waals surface area contributed by atoms with Gasteiger partial charge in [-0.3, -0.25) is 0 Å². The van der Waals surface area contributed by atoms with E-state index in [1.54, 1.807) is 0 Å². The summed E-state index contributed by atoms with van der Waals surface area (Å²) >= 11 is 0. The monoisotopic (exact) mass is 653 g/mol. The largest absolute Gasteiger partial charge is 0.310 e. The van der Waals surface area contributed by atoms with E-state index < -0.39 is 0 Å². The highest BCUT2D eigenvalue weighted by Crippen LogP contribution is 2.52. The van der Waals surface area contributed by atoms with Crippen molar-refractivity contribution in [3.63, 3.8) is 0 Å². The Kier molecular flexibility index (Phi) is 6.34. The standard InChI is InChI=1S/C50H39N/c1-49(2)45-19-10-8-17-39(45)41-26-24-34(29-47(41)49)33-13-12-16-37(27-33)51(36-14-6-5-7-15-36)38-25-23-32-21-22-35-28-44-40-18-9-11-20-46(40)50(3,4)48(44)31-43(35)42(32)30-38/h5-31H,1-4H3. The van der Waals surface area contributed by atoms with Crippen molar-refractivity contribution in [1.29, 1.82) is 0 Å². The van der Waals surface area contributed by atoms with Gasteiger partial charge in [0.05, 0.1) is 0 Å². The minimum Gasteiger partial charge on any atom is -0.310 e. The lowest BCUT2D eigenvalue weighted by atomic mass is 9.81. The van der Waals surface area contributed by atoms with Gasteiger partial charge >= 0.3 is 0 Å². The Bertz CT molecular complexity index is 2690. The van der Waals surface area contributed by atoms with Gasteiger partial charge in [-0.1, -0.05) is 137 Å². The molecule has 10 rings (SSSR count). The first-order chi connectivity index (χ1) is 24.8. The summed E-state index contributed by atoms with van der Waals surface area (Å²) in [6.07, 6.45) is 0. The molecule has 0 heterocycles. The lowest BCUT2D eigenvalue weighted by Crippen LogP contribution is -2.14. The maximum Gasteiger partial charge on any atom is 0.0468 e. The first-order valence-electron chi connectivity index (χ1n) is 18.1. The molecule has 0 bridgehead atoms. The second kappa shape index (κ2) is 10.8. The van der Waals surface area contributed by atoms with Crippen LogP contribution in [0.1, 0.15) is 49.9 Å². The van der Waals surface area contributed by atoms with Crippen molar-refractivity contribution in [3.05, 3.63) is 186 Å². The first kappa shape index (κ1) is 29.9. The second-order valence-corrected chi connectivity index (χ2v) is 15.4. The van der Waals surface area contributed by atoms with Crippen LogP contribution >= 0.6 is 0 Å². The fraction of sp³-hybridized carbons (Fsp3) is 0.120. The van der Waals surface area contributed by atoms with E-state index in [2.05, 4.69) is 196 Å². The number of hydrogen-bond donors (Lipinski definition) is 0. The number of para-hydroxylation sites is 1. The lowest BCUT2D eigenvalue weighted by molar-refractivity contribution is 0.660. The van der Waals surface area contributed by atoms with E-state index in [1.165, 1.54) is 77.2 Å². The van der Waals surface area contributed by atoms with Crippen molar-refractivity contribution >= 4 is 38.6 Å². The number of hydrogen-bond acceptors (Lipinski definition) is 1. The van der Waals surface area contributed by atoms with Crippen molar-refractivity contribution in [2.24, 2.45) is 0 Å². The Labute approximate surface area is 300 Å². The zero-order valence-electron chi connectivity index (χ0n) is 29.5. The van der Waals surface area contributed by atoms with E-state index >= 15 is 0 Å². The Hall–Kier alpha value is -5.92. The minimum atomic E-state index is -0.0496. The summed E-state index contributed by atoms with van der Waals surface area (Å²) < 4.78 is 0. The van der Waals surface area contributed by atoms with Gasteiger partial charge in [0.2, 0.25) is 0 Å². The molecule has 0 saturated carbocycles. The maximum absolute atomic E-state index is 2.47. The summed E-state index contributed by atoms with van der Waals surface area (Å²) in [5, 5.41) is 5.11. The molecule has 0 aliphatic heterocycles. The van der Waals surface area contributed by atoms with Crippen LogP contribution in [0, 0.1) is 0 Å². The van der Waals surface area contributed by atoms with E-state index in [0.29, 0.717) is 0 Å². The van der Waals surface area contributed by atoms with Crippen LogP contribution in [0.4, 0.5) is 17.1 Å². The molecule has 0 saturated heterocycles. The van der Waals surface area contributed by atoms with Gasteiger partial charge in [-0.05, 0) is 132 Å². The van der Waals surface area contributed by atoms with Gasteiger partial charge in [-0.15, -0.1) is 0 Å². The molecule has 0 atom stereocenters. The van der Waals surface area contributed by atoms with Crippen LogP contribution in [0.5, 0.6) is 0 Å². The quantitative estimate of drug-likeness (QED) is 0.171. The minimum absolute atomic E-state index is 0.0401. The predicted molar refractivity (Wildman–Crippen MR) is 217 cm³/mol. The second-order valence-electron chi connectivity index (χ2n) is 15.4. The van der Waals surface area contributed by atoms with Crippen LogP contribution in [0.25, 0.3) is 54.9 Å². The average Bonchev–Trinajstić information content (AvgIpc) is 3.53. The fourth-order valence-electron chi connectivity index (χ4n) is 9.11. The van der Waals surface area contributed by atoms with Crippen LogP contribution in [-0.2, 0) is 10.8 Å². The van der Waals surface area contributed by atoms with Crippen LogP contribution < -0.4 is 4.90 Å². The molecule has 1 nitrogen and oxygen atoms in total. The summed E-state index contributed by atoms with van der Waals surface area (Å²) in [4.78, 5) is 2.40. The van der Waals surface area contributed by atoms with Gasteiger partial charge in [-0.25, -0.2) is 0 Å². The highest BCUT2D eigenvalue weighted by Gasteiger charge is 2.36. The summed E-state index contributed by atoms with van der Waals surface area (Å²) in [6.45, 7) is 9.44. The van der Waals surface area contributed by atoms with Gasteiger partial charge in [0.1, 0.15) is 0 Å². The van der Waals surface area contributed by atoms with Gasteiger partial charge in [0.15, 0.2) is 0 Å². The third-order valence-electron chi connectivity index (χ3n) is 11.8. The SMILES string of the molecule is CC1(C)c2ccccc2-c2ccc(-c3cccc(N(c4ccccc4)c4ccc5ccc6cc7c(cc6c5c4)C(C)(C)c4ccccc4-7)c3)cc21. The third kappa shape index (κ3) is 4.41.